The van der Waals surface area contributed by atoms with Crippen LogP contribution in [0, 0.1) is 0 Å². The number of rotatable bonds is 5. The normalized spacial score (nSPS) is 10.3. The lowest BCUT2D eigenvalue weighted by atomic mass is 10.1. The molecular formula is C13H16N4O. The van der Waals surface area contributed by atoms with Gasteiger partial charge in [0, 0.05) is 12.7 Å². The molecule has 0 aliphatic carbocycles. The third kappa shape index (κ3) is 3.43. The molecule has 0 aliphatic rings. The Morgan fingerprint density at radius 2 is 1.89 bits per heavy atom. The highest BCUT2D eigenvalue weighted by Gasteiger charge is 1.99. The van der Waals surface area contributed by atoms with Crippen LogP contribution in [0.25, 0.3) is 0 Å². The summed E-state index contributed by atoms with van der Waals surface area (Å²) in [6.45, 7) is 1.29. The monoisotopic (exact) mass is 244 g/mol. The van der Waals surface area contributed by atoms with E-state index in [9.17, 15) is 0 Å². The van der Waals surface area contributed by atoms with Crippen molar-refractivity contribution in [2.24, 2.45) is 0 Å². The molecule has 3 N–H and O–H groups in total. The smallest absolute Gasteiger partial charge is 0.318 e. The Labute approximate surface area is 106 Å². The average molecular weight is 244 g/mol. The Morgan fingerprint density at radius 1 is 1.17 bits per heavy atom. The molecule has 0 bridgehead atoms. The number of benzene rings is 1. The van der Waals surface area contributed by atoms with Gasteiger partial charge in [-0.25, -0.2) is 4.98 Å². The van der Waals surface area contributed by atoms with Crippen LogP contribution in [0.2, 0.25) is 0 Å². The van der Waals surface area contributed by atoms with Gasteiger partial charge in [0.15, 0.2) is 0 Å². The largest absolute Gasteiger partial charge is 0.459 e. The van der Waals surface area contributed by atoms with Crippen molar-refractivity contribution in [1.29, 1.82) is 0 Å². The molecule has 0 amide bonds. The van der Waals surface area contributed by atoms with E-state index in [1.165, 1.54) is 5.56 Å². The molecule has 0 saturated heterocycles. The van der Waals surface area contributed by atoms with Crippen LogP contribution in [-0.2, 0) is 13.2 Å². The summed E-state index contributed by atoms with van der Waals surface area (Å²) < 4.78 is 5.45. The van der Waals surface area contributed by atoms with E-state index in [0.717, 1.165) is 12.1 Å². The van der Waals surface area contributed by atoms with E-state index in [1.807, 2.05) is 19.2 Å². The van der Waals surface area contributed by atoms with Crippen LogP contribution in [0.4, 0.5) is 5.82 Å². The quantitative estimate of drug-likeness (QED) is 0.830. The molecule has 0 radical (unpaired) electrons. The summed E-state index contributed by atoms with van der Waals surface area (Å²) in [5.74, 6) is 0.407. The molecule has 2 rings (SSSR count). The summed E-state index contributed by atoms with van der Waals surface area (Å²) in [7, 11) is 1.92. The molecule has 1 heterocycles. The summed E-state index contributed by atoms with van der Waals surface area (Å²) in [4.78, 5) is 7.95. The van der Waals surface area contributed by atoms with Gasteiger partial charge in [0.05, 0.1) is 0 Å². The molecule has 5 nitrogen and oxygen atoms in total. The lowest BCUT2D eigenvalue weighted by molar-refractivity contribution is 0.281. The number of nitrogens with zero attached hydrogens (tertiary/aromatic N) is 2. The van der Waals surface area contributed by atoms with Gasteiger partial charge in [-0.1, -0.05) is 24.3 Å². The van der Waals surface area contributed by atoms with Gasteiger partial charge in [-0.3, -0.25) is 0 Å². The molecule has 1 aromatic carbocycles. The van der Waals surface area contributed by atoms with E-state index in [1.54, 1.807) is 12.3 Å². The maximum absolute atomic E-state index is 5.54. The van der Waals surface area contributed by atoms with Crippen LogP contribution in [-0.4, -0.2) is 17.0 Å². The van der Waals surface area contributed by atoms with E-state index in [0.29, 0.717) is 18.4 Å². The first kappa shape index (κ1) is 12.3. The van der Waals surface area contributed by atoms with Gasteiger partial charge in [0.2, 0.25) is 0 Å². The summed E-state index contributed by atoms with van der Waals surface area (Å²) in [6, 6.07) is 10.1. The van der Waals surface area contributed by atoms with E-state index >= 15 is 0 Å². The van der Waals surface area contributed by atoms with Crippen LogP contribution in [0.15, 0.2) is 36.5 Å². The van der Waals surface area contributed by atoms with Gasteiger partial charge < -0.3 is 15.8 Å². The average Bonchev–Trinajstić information content (AvgIpc) is 2.38. The van der Waals surface area contributed by atoms with E-state index in [4.69, 9.17) is 10.5 Å². The highest BCUT2D eigenvalue weighted by Crippen LogP contribution is 2.09. The molecule has 0 saturated carbocycles. The second-order valence-corrected chi connectivity index (χ2v) is 3.90. The van der Waals surface area contributed by atoms with Crippen molar-refractivity contribution in [2.75, 3.05) is 12.8 Å². The topological polar surface area (TPSA) is 73.1 Å². The zero-order valence-electron chi connectivity index (χ0n) is 10.3. The van der Waals surface area contributed by atoms with Gasteiger partial charge in [-0.2, -0.15) is 4.98 Å². The zero-order chi connectivity index (χ0) is 12.8. The molecule has 0 atom stereocenters. The summed E-state index contributed by atoms with van der Waals surface area (Å²) >= 11 is 0. The lowest BCUT2D eigenvalue weighted by Gasteiger charge is -2.06. The first-order valence-electron chi connectivity index (χ1n) is 5.71. The number of nitrogens with one attached hydrogen (secondary N) is 1. The van der Waals surface area contributed by atoms with Crippen molar-refractivity contribution >= 4 is 5.82 Å². The third-order valence-corrected chi connectivity index (χ3v) is 2.43. The maximum atomic E-state index is 5.54. The van der Waals surface area contributed by atoms with Crippen molar-refractivity contribution in [2.45, 2.75) is 13.2 Å². The Kier molecular flexibility index (Phi) is 4.09. The first-order valence-corrected chi connectivity index (χ1v) is 5.71. The van der Waals surface area contributed by atoms with Crippen molar-refractivity contribution in [1.82, 2.24) is 15.3 Å². The summed E-state index contributed by atoms with van der Waals surface area (Å²) in [6.07, 6.45) is 1.58. The van der Waals surface area contributed by atoms with Gasteiger partial charge in [-0.05, 0) is 24.2 Å². The van der Waals surface area contributed by atoms with Gasteiger partial charge in [0.25, 0.3) is 0 Å². The second-order valence-electron chi connectivity index (χ2n) is 3.90. The van der Waals surface area contributed by atoms with Crippen molar-refractivity contribution in [3.63, 3.8) is 0 Å². The van der Waals surface area contributed by atoms with E-state index in [2.05, 4.69) is 27.4 Å². The molecular weight excluding hydrogens is 228 g/mol. The van der Waals surface area contributed by atoms with Crippen LogP contribution < -0.4 is 15.8 Å². The van der Waals surface area contributed by atoms with Crippen LogP contribution in [0.5, 0.6) is 6.01 Å². The Balaban J connectivity index is 1.93. The molecule has 18 heavy (non-hydrogen) atoms. The Morgan fingerprint density at radius 3 is 2.56 bits per heavy atom. The third-order valence-electron chi connectivity index (χ3n) is 2.43. The number of aromatic nitrogens is 2. The predicted molar refractivity (Wildman–Crippen MR) is 70.0 cm³/mol. The van der Waals surface area contributed by atoms with E-state index < -0.39 is 0 Å². The lowest BCUT2D eigenvalue weighted by Crippen LogP contribution is -2.05. The molecule has 94 valence electrons. The molecule has 0 fully saturated rings. The number of hydrogen-bond donors (Lipinski definition) is 2. The highest BCUT2D eigenvalue weighted by atomic mass is 16.5. The maximum Gasteiger partial charge on any atom is 0.318 e. The minimum Gasteiger partial charge on any atom is -0.459 e. The molecule has 5 heteroatoms. The number of nitrogen functional groups attached to an aromatic ring is 1. The van der Waals surface area contributed by atoms with Crippen LogP contribution in [0.3, 0.4) is 0 Å². The number of hydrogen-bond acceptors (Lipinski definition) is 5. The summed E-state index contributed by atoms with van der Waals surface area (Å²) in [5.41, 5.74) is 7.85. The van der Waals surface area contributed by atoms with Crippen molar-refractivity contribution in [3.8, 4) is 6.01 Å². The molecule has 0 aliphatic heterocycles. The fourth-order valence-electron chi connectivity index (χ4n) is 1.53. The fraction of sp³-hybridized carbons (Fsp3) is 0.231. The minimum atomic E-state index is 0.300. The van der Waals surface area contributed by atoms with Gasteiger partial charge >= 0.3 is 6.01 Å². The highest BCUT2D eigenvalue weighted by molar-refractivity contribution is 5.27. The predicted octanol–water partition coefficient (Wildman–Crippen LogP) is 1.36. The first-order chi connectivity index (χ1) is 8.78. The molecule has 2 aromatic rings. The molecule has 1 aromatic heterocycles. The summed E-state index contributed by atoms with van der Waals surface area (Å²) in [5, 5.41) is 3.10. The zero-order valence-corrected chi connectivity index (χ0v) is 10.3. The van der Waals surface area contributed by atoms with Crippen molar-refractivity contribution < 1.29 is 4.74 Å². The number of nitrogens with two attached hydrogens (primary N) is 1. The number of ether oxygens (including phenoxy) is 1. The Bertz CT molecular complexity index is 499. The SMILES string of the molecule is CNCc1ccc(COc2nccc(N)n2)cc1. The minimum absolute atomic E-state index is 0.300. The van der Waals surface area contributed by atoms with Crippen LogP contribution >= 0.6 is 0 Å². The van der Waals surface area contributed by atoms with Gasteiger partial charge in [0.1, 0.15) is 12.4 Å². The number of anilines is 1. The van der Waals surface area contributed by atoms with Crippen LogP contribution in [0.1, 0.15) is 11.1 Å². The van der Waals surface area contributed by atoms with Gasteiger partial charge in [-0.15, -0.1) is 0 Å². The molecule has 0 unspecified atom stereocenters. The fourth-order valence-corrected chi connectivity index (χ4v) is 1.53. The Hall–Kier alpha value is -2.14. The van der Waals surface area contributed by atoms with Crippen molar-refractivity contribution in [3.05, 3.63) is 47.7 Å². The molecule has 0 spiro atoms. The van der Waals surface area contributed by atoms with E-state index in [-0.39, 0.29) is 0 Å². The second kappa shape index (κ2) is 5.97. The standard InChI is InChI=1S/C13H16N4O/c1-15-8-10-2-4-11(5-3-10)9-18-13-16-7-6-12(14)17-13/h2-7,15H,8-9H2,1H3,(H2,14,16,17).